The lowest BCUT2D eigenvalue weighted by atomic mass is 9.81. The van der Waals surface area contributed by atoms with Gasteiger partial charge in [0.25, 0.3) is 5.91 Å². The summed E-state index contributed by atoms with van der Waals surface area (Å²) in [6.07, 6.45) is 8.49. The zero-order valence-corrected chi connectivity index (χ0v) is 20.2. The average Bonchev–Trinajstić information content (AvgIpc) is 2.82. The Bertz CT molecular complexity index is 924. The van der Waals surface area contributed by atoms with Crippen LogP contribution in [0.1, 0.15) is 75.6 Å². The van der Waals surface area contributed by atoms with E-state index < -0.39 is 12.1 Å². The van der Waals surface area contributed by atoms with Crippen LogP contribution in [0, 0.1) is 17.8 Å². The van der Waals surface area contributed by atoms with Gasteiger partial charge in [0.15, 0.2) is 0 Å². The number of pyridine rings is 1. The Morgan fingerprint density at radius 2 is 1.85 bits per heavy atom. The smallest absolute Gasteiger partial charge is 0.253 e. The Hall–Kier alpha value is -2.47. The predicted molar refractivity (Wildman–Crippen MR) is 132 cm³/mol. The monoisotopic (exact) mass is 453 g/mol. The van der Waals surface area contributed by atoms with E-state index >= 15 is 0 Å². The maximum atomic E-state index is 13.2. The van der Waals surface area contributed by atoms with Crippen molar-refractivity contribution >= 4 is 22.7 Å². The molecule has 3 atom stereocenters. The molecule has 2 aromatic rings. The first kappa shape index (κ1) is 25.2. The number of amides is 2. The molecule has 3 rings (SSSR count). The summed E-state index contributed by atoms with van der Waals surface area (Å²) in [6.45, 7) is 4.16. The number of carbonyl (C=O) groups is 2. The number of fused-ring (bicyclic) bond motifs is 1. The van der Waals surface area contributed by atoms with Crippen LogP contribution < -0.4 is 10.6 Å². The molecule has 1 aromatic carbocycles. The predicted octanol–water partition coefficient (Wildman–Crippen LogP) is 4.46. The van der Waals surface area contributed by atoms with Gasteiger partial charge in [0.2, 0.25) is 5.91 Å². The lowest BCUT2D eigenvalue weighted by Gasteiger charge is -2.32. The third-order valence-electron chi connectivity index (χ3n) is 6.84. The van der Waals surface area contributed by atoms with Gasteiger partial charge in [-0.15, -0.1) is 0 Å². The van der Waals surface area contributed by atoms with Crippen LogP contribution in [0.3, 0.4) is 0 Å². The van der Waals surface area contributed by atoms with Gasteiger partial charge in [-0.1, -0.05) is 64.2 Å². The number of hydrogen-bond donors (Lipinski definition) is 3. The van der Waals surface area contributed by atoms with Crippen LogP contribution in [0.15, 0.2) is 36.5 Å². The molecule has 1 fully saturated rings. The molecule has 1 aliphatic rings. The van der Waals surface area contributed by atoms with E-state index in [0.29, 0.717) is 30.2 Å². The van der Waals surface area contributed by atoms with Crippen molar-refractivity contribution in [2.24, 2.45) is 17.8 Å². The molecule has 33 heavy (non-hydrogen) atoms. The third-order valence-corrected chi connectivity index (χ3v) is 6.84. The van der Waals surface area contributed by atoms with Crippen molar-refractivity contribution in [2.75, 3.05) is 7.05 Å². The summed E-state index contributed by atoms with van der Waals surface area (Å²) in [5.74, 6) is 0.266. The zero-order valence-electron chi connectivity index (χ0n) is 20.2. The lowest BCUT2D eigenvalue weighted by molar-refractivity contribution is -0.126. The van der Waals surface area contributed by atoms with Gasteiger partial charge in [-0.05, 0) is 43.2 Å². The molecule has 0 spiro atoms. The highest BCUT2D eigenvalue weighted by Crippen LogP contribution is 2.29. The Kier molecular flexibility index (Phi) is 9.24. The number of aromatic nitrogens is 1. The molecule has 6 heteroatoms. The molecule has 2 amide bonds. The molecule has 0 radical (unpaired) electrons. The highest BCUT2D eigenvalue weighted by atomic mass is 16.3. The minimum absolute atomic E-state index is 0.0516. The SMILES string of the molecule is CNC(=O)[C@@H](CC(C)C)C[C@H](O)[C@@H](CC1CCCCC1)NC(=O)c1cnc2ccccc2c1. The topological polar surface area (TPSA) is 91.3 Å². The van der Waals surface area contributed by atoms with E-state index in [1.54, 1.807) is 13.2 Å². The van der Waals surface area contributed by atoms with Crippen molar-refractivity contribution in [1.29, 1.82) is 0 Å². The number of para-hydroxylation sites is 1. The zero-order chi connectivity index (χ0) is 23.8. The summed E-state index contributed by atoms with van der Waals surface area (Å²) < 4.78 is 0. The van der Waals surface area contributed by atoms with Crippen molar-refractivity contribution < 1.29 is 14.7 Å². The maximum absolute atomic E-state index is 13.2. The van der Waals surface area contributed by atoms with E-state index in [4.69, 9.17) is 0 Å². The molecular formula is C27H39N3O3. The van der Waals surface area contributed by atoms with Crippen LogP contribution in [0.5, 0.6) is 0 Å². The second kappa shape index (κ2) is 12.1. The highest BCUT2D eigenvalue weighted by Gasteiger charge is 2.30. The molecular weight excluding hydrogens is 414 g/mol. The van der Waals surface area contributed by atoms with E-state index in [1.165, 1.54) is 19.3 Å². The van der Waals surface area contributed by atoms with Gasteiger partial charge in [0.05, 0.1) is 23.2 Å². The van der Waals surface area contributed by atoms with E-state index in [0.717, 1.165) is 30.2 Å². The Labute approximate surface area is 197 Å². The number of hydrogen-bond acceptors (Lipinski definition) is 4. The number of rotatable bonds is 10. The van der Waals surface area contributed by atoms with Crippen molar-refractivity contribution in [3.05, 3.63) is 42.1 Å². The number of nitrogens with one attached hydrogen (secondary N) is 2. The second-order valence-corrected chi connectivity index (χ2v) is 9.98. The fraction of sp³-hybridized carbons (Fsp3) is 0.593. The standard InChI is InChI=1S/C27H39N3O3/c1-18(2)13-21(26(32)28-3)16-25(31)24(14-19-9-5-4-6-10-19)30-27(33)22-15-20-11-7-8-12-23(20)29-17-22/h7-8,11-12,15,17-19,21,24-25,31H,4-6,9-10,13-14,16H2,1-3H3,(H,28,32)(H,30,33)/t21-,24+,25-/m0/s1. The molecule has 0 bridgehead atoms. The van der Waals surface area contributed by atoms with Crippen LogP contribution in [0.2, 0.25) is 0 Å². The molecule has 1 heterocycles. The van der Waals surface area contributed by atoms with E-state index in [9.17, 15) is 14.7 Å². The number of nitrogens with zero attached hydrogens (tertiary/aromatic N) is 1. The number of benzene rings is 1. The Morgan fingerprint density at radius 3 is 2.55 bits per heavy atom. The molecule has 0 saturated heterocycles. The van der Waals surface area contributed by atoms with Crippen LogP contribution in [0.4, 0.5) is 0 Å². The molecule has 6 nitrogen and oxygen atoms in total. The van der Waals surface area contributed by atoms with Gasteiger partial charge in [-0.25, -0.2) is 0 Å². The van der Waals surface area contributed by atoms with Gasteiger partial charge < -0.3 is 15.7 Å². The van der Waals surface area contributed by atoms with Crippen molar-refractivity contribution in [2.45, 2.75) is 77.4 Å². The van der Waals surface area contributed by atoms with Crippen molar-refractivity contribution in [3.63, 3.8) is 0 Å². The largest absolute Gasteiger partial charge is 0.391 e. The quantitative estimate of drug-likeness (QED) is 0.495. The summed E-state index contributed by atoms with van der Waals surface area (Å²) in [6, 6.07) is 9.15. The van der Waals surface area contributed by atoms with Crippen LogP contribution in [0.25, 0.3) is 10.9 Å². The summed E-state index contributed by atoms with van der Waals surface area (Å²) in [7, 11) is 1.63. The second-order valence-electron chi connectivity index (χ2n) is 9.98. The summed E-state index contributed by atoms with van der Waals surface area (Å²) >= 11 is 0. The van der Waals surface area contributed by atoms with Gasteiger partial charge in [-0.2, -0.15) is 0 Å². The van der Waals surface area contributed by atoms with Gasteiger partial charge in [0.1, 0.15) is 0 Å². The fourth-order valence-electron chi connectivity index (χ4n) is 5.08. The third kappa shape index (κ3) is 7.26. The molecule has 1 aromatic heterocycles. The fourth-order valence-corrected chi connectivity index (χ4v) is 5.08. The number of aliphatic hydroxyl groups is 1. The molecule has 1 saturated carbocycles. The van der Waals surface area contributed by atoms with Crippen LogP contribution in [-0.4, -0.2) is 41.1 Å². The summed E-state index contributed by atoms with van der Waals surface area (Å²) in [5, 5.41) is 18.0. The lowest BCUT2D eigenvalue weighted by Crippen LogP contribution is -2.46. The summed E-state index contributed by atoms with van der Waals surface area (Å²) in [4.78, 5) is 30.0. The molecule has 3 N–H and O–H groups in total. The molecule has 1 aliphatic carbocycles. The average molecular weight is 454 g/mol. The molecule has 180 valence electrons. The first-order chi connectivity index (χ1) is 15.9. The Morgan fingerprint density at radius 1 is 1.12 bits per heavy atom. The maximum Gasteiger partial charge on any atom is 0.253 e. The van der Waals surface area contributed by atoms with Crippen molar-refractivity contribution in [3.8, 4) is 0 Å². The van der Waals surface area contributed by atoms with E-state index in [1.807, 2.05) is 30.3 Å². The molecule has 0 aliphatic heterocycles. The molecule has 0 unspecified atom stereocenters. The first-order valence-electron chi connectivity index (χ1n) is 12.4. The van der Waals surface area contributed by atoms with Gasteiger partial charge in [-0.3, -0.25) is 14.6 Å². The Balaban J connectivity index is 1.76. The minimum atomic E-state index is -0.787. The number of aliphatic hydroxyl groups excluding tert-OH is 1. The van der Waals surface area contributed by atoms with Gasteiger partial charge >= 0.3 is 0 Å². The highest BCUT2D eigenvalue weighted by molar-refractivity contribution is 5.97. The van der Waals surface area contributed by atoms with Crippen molar-refractivity contribution in [1.82, 2.24) is 15.6 Å². The van der Waals surface area contributed by atoms with Crippen LogP contribution >= 0.6 is 0 Å². The minimum Gasteiger partial charge on any atom is -0.391 e. The number of carbonyl (C=O) groups excluding carboxylic acids is 2. The summed E-state index contributed by atoms with van der Waals surface area (Å²) in [5.41, 5.74) is 1.33. The first-order valence-corrected chi connectivity index (χ1v) is 12.4. The van der Waals surface area contributed by atoms with Crippen LogP contribution in [-0.2, 0) is 4.79 Å². The van der Waals surface area contributed by atoms with E-state index in [-0.39, 0.29) is 17.7 Å². The van der Waals surface area contributed by atoms with E-state index in [2.05, 4.69) is 29.5 Å². The van der Waals surface area contributed by atoms with Gasteiger partial charge in [0, 0.05) is 24.5 Å². The normalized spacial score (nSPS) is 17.5.